The normalized spacial score (nSPS) is 13.8. The van der Waals surface area contributed by atoms with Crippen LogP contribution in [0.1, 0.15) is 11.6 Å². The molecule has 0 bridgehead atoms. The maximum absolute atomic E-state index is 13.0. The molecule has 0 N–H and O–H groups in total. The summed E-state index contributed by atoms with van der Waals surface area (Å²) in [6.45, 7) is -0.643. The monoisotopic (exact) mass is 416 g/mol. The Morgan fingerprint density at radius 3 is 1.96 bits per heavy atom. The Morgan fingerprint density at radius 2 is 1.56 bits per heavy atom. The molecule has 25 heavy (non-hydrogen) atoms. The average Bonchev–Trinajstić information content (AvgIpc) is 2.58. The van der Waals surface area contributed by atoms with Gasteiger partial charge >= 0.3 is 7.60 Å². The quantitative estimate of drug-likeness (QED) is 0.219. The van der Waals surface area contributed by atoms with E-state index in [-0.39, 0.29) is 30.5 Å². The molecular formula is C12H15Cl2N2O8P. The summed E-state index contributed by atoms with van der Waals surface area (Å²) in [5.41, 5.74) is 0.0310. The van der Waals surface area contributed by atoms with Gasteiger partial charge in [-0.3, -0.25) is 19.5 Å². The number of rotatable bonds is 12. The number of nitrogens with zero attached hydrogens (tertiary/aromatic N) is 2. The summed E-state index contributed by atoms with van der Waals surface area (Å²) in [5, 5.41) is 21.1. The summed E-state index contributed by atoms with van der Waals surface area (Å²) in [6.07, 6.45) is 0. The molecule has 1 aromatic rings. The summed E-state index contributed by atoms with van der Waals surface area (Å²) in [4.78, 5) is 25.9. The highest BCUT2D eigenvalue weighted by Crippen LogP contribution is 2.58. The van der Waals surface area contributed by atoms with Crippen molar-refractivity contribution in [2.24, 2.45) is 0 Å². The first-order valence-corrected chi connectivity index (χ1v) is 9.54. The first kappa shape index (κ1) is 21.6. The van der Waals surface area contributed by atoms with Crippen molar-refractivity contribution in [1.29, 1.82) is 0 Å². The van der Waals surface area contributed by atoms with Crippen LogP contribution in [0.4, 0.5) is 0 Å². The van der Waals surface area contributed by atoms with E-state index in [9.17, 15) is 24.8 Å². The second-order valence-electron chi connectivity index (χ2n) is 4.44. The van der Waals surface area contributed by atoms with Crippen LogP contribution in [0.3, 0.4) is 0 Å². The zero-order valence-corrected chi connectivity index (χ0v) is 15.1. The molecule has 0 aliphatic carbocycles. The molecule has 0 saturated carbocycles. The van der Waals surface area contributed by atoms with E-state index in [1.165, 1.54) is 24.3 Å². The molecule has 10 nitrogen and oxygen atoms in total. The van der Waals surface area contributed by atoms with Gasteiger partial charge in [0.15, 0.2) is 0 Å². The molecule has 13 heteroatoms. The maximum Gasteiger partial charge on any atom is 0.367 e. The highest BCUT2D eigenvalue weighted by Gasteiger charge is 2.51. The molecule has 2 unspecified atom stereocenters. The Kier molecular flexibility index (Phi) is 9.09. The molecule has 0 fully saturated rings. The first-order chi connectivity index (χ1) is 11.9. The van der Waals surface area contributed by atoms with Gasteiger partial charge in [0, 0.05) is 22.2 Å². The lowest BCUT2D eigenvalue weighted by atomic mass is 10.1. The second kappa shape index (κ2) is 10.5. The Balaban J connectivity index is 3.36. The molecule has 0 aliphatic heterocycles. The van der Waals surface area contributed by atoms with Crippen molar-refractivity contribution in [3.63, 3.8) is 0 Å². The lowest BCUT2D eigenvalue weighted by Crippen LogP contribution is -2.32. The average molecular weight is 417 g/mol. The van der Waals surface area contributed by atoms with E-state index >= 15 is 0 Å². The summed E-state index contributed by atoms with van der Waals surface area (Å²) < 4.78 is 23.0. The van der Waals surface area contributed by atoms with Crippen LogP contribution in [0.5, 0.6) is 0 Å². The topological polar surface area (TPSA) is 131 Å². The van der Waals surface area contributed by atoms with Gasteiger partial charge in [0.05, 0.1) is 13.2 Å². The number of alkyl halides is 2. The van der Waals surface area contributed by atoms with Crippen LogP contribution in [0.25, 0.3) is 0 Å². The number of halogens is 2. The maximum atomic E-state index is 13.0. The highest BCUT2D eigenvalue weighted by molar-refractivity contribution is 7.54. The van der Waals surface area contributed by atoms with Gasteiger partial charge in [-0.1, -0.05) is 30.3 Å². The first-order valence-electron chi connectivity index (χ1n) is 6.86. The van der Waals surface area contributed by atoms with Gasteiger partial charge in [-0.15, -0.1) is 33.3 Å². The minimum absolute atomic E-state index is 0.0310. The largest absolute Gasteiger partial charge is 0.367 e. The Bertz CT molecular complexity index is 608. The molecule has 0 spiro atoms. The van der Waals surface area contributed by atoms with Gasteiger partial charge in [-0.2, -0.15) is 0 Å². The number of nitro groups is 1. The van der Waals surface area contributed by atoms with E-state index in [0.29, 0.717) is 0 Å². The second-order valence-corrected chi connectivity index (χ2v) is 7.31. The molecule has 0 radical (unpaired) electrons. The molecule has 0 aromatic heterocycles. The van der Waals surface area contributed by atoms with Gasteiger partial charge in [0.2, 0.25) is 0 Å². The number of hydrogen-bond donors (Lipinski definition) is 0. The predicted molar refractivity (Wildman–Crippen MR) is 89.0 cm³/mol. The molecule has 0 aliphatic rings. The van der Waals surface area contributed by atoms with E-state index < -0.39 is 29.5 Å². The van der Waals surface area contributed by atoms with Crippen molar-refractivity contribution >= 4 is 30.8 Å². The third-order valence-electron chi connectivity index (χ3n) is 2.84. The van der Waals surface area contributed by atoms with E-state index in [0.717, 1.165) is 0 Å². The third-order valence-corrected chi connectivity index (χ3v) is 5.23. The van der Waals surface area contributed by atoms with E-state index in [2.05, 4.69) is 4.84 Å². The van der Waals surface area contributed by atoms with Crippen molar-refractivity contribution in [3.05, 3.63) is 56.1 Å². The fraction of sp³-hybridized carbons (Fsp3) is 0.500. The van der Waals surface area contributed by atoms with Crippen molar-refractivity contribution in [2.45, 2.75) is 11.9 Å². The predicted octanol–water partition coefficient (Wildman–Crippen LogP) is 3.24. The zero-order valence-electron chi connectivity index (χ0n) is 12.7. The fourth-order valence-corrected chi connectivity index (χ4v) is 4.17. The summed E-state index contributed by atoms with van der Waals surface area (Å²) in [7, 11) is -4.47. The van der Waals surface area contributed by atoms with Crippen LogP contribution in [-0.4, -0.2) is 40.8 Å². The molecular weight excluding hydrogens is 402 g/mol. The molecule has 0 heterocycles. The van der Waals surface area contributed by atoms with Crippen LogP contribution in [0.15, 0.2) is 30.3 Å². The Morgan fingerprint density at radius 1 is 1.04 bits per heavy atom. The van der Waals surface area contributed by atoms with Crippen molar-refractivity contribution in [2.75, 3.05) is 25.0 Å². The molecule has 0 saturated heterocycles. The Hall–Kier alpha value is -1.45. The standard InChI is InChI=1S/C12H15Cl2N2O8P/c13-6-8-22-25(21,23-9-7-14)12(24-16(19)20)11(15(17)18)10-4-2-1-3-5-10/h1-5,11-12H,6-9H2. The lowest BCUT2D eigenvalue weighted by Gasteiger charge is -2.26. The van der Waals surface area contributed by atoms with Crippen LogP contribution in [0.2, 0.25) is 0 Å². The number of hydrogen-bond acceptors (Lipinski definition) is 8. The van der Waals surface area contributed by atoms with Gasteiger partial charge in [0.25, 0.3) is 17.0 Å². The van der Waals surface area contributed by atoms with Crippen LogP contribution in [-0.2, 0) is 18.5 Å². The molecule has 1 rings (SSSR count). The fourth-order valence-electron chi connectivity index (χ4n) is 1.92. The lowest BCUT2D eigenvalue weighted by molar-refractivity contribution is -0.772. The summed E-state index contributed by atoms with van der Waals surface area (Å²) in [6, 6.07) is 5.38. The smallest absolute Gasteiger partial charge is 0.306 e. The SMILES string of the molecule is O=[N+]([O-])OC(C(c1ccccc1)[N+](=O)[O-])P(=O)(OCCCl)OCCCl. The van der Waals surface area contributed by atoms with Crippen LogP contribution >= 0.6 is 30.8 Å². The molecule has 140 valence electrons. The van der Waals surface area contributed by atoms with E-state index in [1.807, 2.05) is 0 Å². The van der Waals surface area contributed by atoms with Crippen LogP contribution < -0.4 is 0 Å². The minimum atomic E-state index is -4.47. The van der Waals surface area contributed by atoms with Crippen molar-refractivity contribution in [3.8, 4) is 0 Å². The summed E-state index contributed by atoms with van der Waals surface area (Å²) >= 11 is 10.9. The van der Waals surface area contributed by atoms with Gasteiger partial charge in [-0.25, -0.2) is 0 Å². The van der Waals surface area contributed by atoms with Crippen molar-refractivity contribution < 1.29 is 28.5 Å². The Labute approximate surface area is 152 Å². The summed E-state index contributed by atoms with van der Waals surface area (Å²) in [5.74, 6) is -2.37. The van der Waals surface area contributed by atoms with E-state index in [4.69, 9.17) is 32.2 Å². The highest BCUT2D eigenvalue weighted by atomic mass is 35.5. The van der Waals surface area contributed by atoms with Gasteiger partial charge in [0.1, 0.15) is 0 Å². The third kappa shape index (κ3) is 6.41. The van der Waals surface area contributed by atoms with E-state index in [1.54, 1.807) is 6.07 Å². The van der Waals surface area contributed by atoms with Gasteiger partial charge in [-0.05, 0) is 0 Å². The van der Waals surface area contributed by atoms with Crippen molar-refractivity contribution in [1.82, 2.24) is 0 Å². The number of benzene rings is 1. The molecule has 0 amide bonds. The van der Waals surface area contributed by atoms with Gasteiger partial charge < -0.3 is 9.05 Å². The molecule has 2 atom stereocenters. The zero-order chi connectivity index (χ0) is 18.9. The molecule has 1 aromatic carbocycles. The van der Waals surface area contributed by atoms with Crippen LogP contribution in [0, 0.1) is 20.2 Å². The minimum Gasteiger partial charge on any atom is -0.306 e.